The molecule has 0 atom stereocenters. The van der Waals surface area contributed by atoms with Gasteiger partial charge in [-0.1, -0.05) is 19.1 Å². The number of aryl methyl sites for hydroxylation is 1. The summed E-state index contributed by atoms with van der Waals surface area (Å²) < 4.78 is 1.94. The molecule has 0 saturated carbocycles. The summed E-state index contributed by atoms with van der Waals surface area (Å²) in [5, 5.41) is 0. The van der Waals surface area contributed by atoms with Crippen molar-refractivity contribution in [3.05, 3.63) is 30.9 Å². The first-order chi connectivity index (χ1) is 5.31. The molecule has 1 rings (SSSR count). The van der Waals surface area contributed by atoms with Gasteiger partial charge in [-0.3, -0.25) is 4.98 Å². The average molecular weight is 233 g/mol. The van der Waals surface area contributed by atoms with E-state index in [4.69, 9.17) is 0 Å². The number of allylic oxidation sites excluding steroid dienone is 2. The number of imidazole rings is 1. The Hall–Kier alpha value is -0.570. The van der Waals surface area contributed by atoms with Crippen LogP contribution in [0, 0.1) is 0 Å². The predicted octanol–water partition coefficient (Wildman–Crippen LogP) is -1.18. The molecule has 0 aliphatic heterocycles. The standard InChI is InChI=1S/C5H10.C4H6N2.BrH/c1-3-5-4-2;1-6-3-2-5-4-6;/h3,5H,4H2,1-2H3;2-4H,1H3;1H. The molecule has 0 bridgehead atoms. The van der Waals surface area contributed by atoms with Gasteiger partial charge in [-0.15, -0.1) is 0 Å². The smallest absolute Gasteiger partial charge is 0.241 e. The van der Waals surface area contributed by atoms with Crippen molar-refractivity contribution >= 4 is 0 Å². The molecule has 0 amide bonds. The molecule has 0 spiro atoms. The van der Waals surface area contributed by atoms with Gasteiger partial charge in [0, 0.05) is 0 Å². The van der Waals surface area contributed by atoms with Crippen molar-refractivity contribution in [3.63, 3.8) is 0 Å². The zero-order chi connectivity index (χ0) is 8.53. The Balaban J connectivity index is 0. The highest BCUT2D eigenvalue weighted by Gasteiger charge is 1.78. The van der Waals surface area contributed by atoms with Crippen molar-refractivity contribution < 1.29 is 21.5 Å². The van der Waals surface area contributed by atoms with E-state index in [-0.39, 0.29) is 17.0 Å². The molecule has 1 heterocycles. The Morgan fingerprint density at radius 2 is 2.17 bits per heavy atom. The second kappa shape index (κ2) is 10.4. The maximum absolute atomic E-state index is 2.89. The van der Waals surface area contributed by atoms with Crippen molar-refractivity contribution in [1.82, 2.24) is 4.98 Å². The third kappa shape index (κ3) is 9.43. The van der Waals surface area contributed by atoms with Crippen molar-refractivity contribution in [2.24, 2.45) is 7.05 Å². The fraction of sp³-hybridized carbons (Fsp3) is 0.444. The van der Waals surface area contributed by atoms with E-state index in [1.54, 1.807) is 0 Å². The Morgan fingerprint density at radius 1 is 1.50 bits per heavy atom. The lowest BCUT2D eigenvalue weighted by Gasteiger charge is -1.66. The highest BCUT2D eigenvalue weighted by molar-refractivity contribution is 4.73. The third-order valence-electron chi connectivity index (χ3n) is 1.16. The normalized spacial score (nSPS) is 8.58. The number of rotatable bonds is 1. The van der Waals surface area contributed by atoms with Gasteiger partial charge in [0.2, 0.25) is 6.33 Å². The van der Waals surface area contributed by atoms with Gasteiger partial charge in [0.05, 0.1) is 7.05 Å². The van der Waals surface area contributed by atoms with Crippen LogP contribution in [0.1, 0.15) is 20.3 Å². The van der Waals surface area contributed by atoms with Gasteiger partial charge >= 0.3 is 0 Å². The number of aromatic amines is 1. The Labute approximate surface area is 85.1 Å². The van der Waals surface area contributed by atoms with Crippen LogP contribution in [-0.4, -0.2) is 4.98 Å². The number of hydrogen-bond acceptors (Lipinski definition) is 0. The number of aromatic nitrogens is 2. The van der Waals surface area contributed by atoms with Gasteiger partial charge in [-0.25, -0.2) is 4.57 Å². The van der Waals surface area contributed by atoms with Crippen LogP contribution in [0.2, 0.25) is 0 Å². The molecule has 0 saturated heterocycles. The maximum atomic E-state index is 2.89. The Bertz CT molecular complexity index is 180. The van der Waals surface area contributed by atoms with Crippen molar-refractivity contribution in [1.29, 1.82) is 0 Å². The summed E-state index contributed by atoms with van der Waals surface area (Å²) in [7, 11) is 1.97. The second-order valence-corrected chi connectivity index (χ2v) is 2.25. The highest BCUT2D eigenvalue weighted by atomic mass is 79.9. The van der Waals surface area contributed by atoms with Gasteiger partial charge in [-0.2, -0.15) is 0 Å². The molecule has 3 heteroatoms. The molecule has 0 unspecified atom stereocenters. The number of nitrogens with one attached hydrogen (secondary N) is 1. The summed E-state index contributed by atoms with van der Waals surface area (Å²) in [5.74, 6) is 0. The molecule has 1 N–H and O–H groups in total. The third-order valence-corrected chi connectivity index (χ3v) is 1.16. The van der Waals surface area contributed by atoms with E-state index in [0.717, 1.165) is 6.42 Å². The summed E-state index contributed by atoms with van der Waals surface area (Å²) in [4.78, 5) is 2.89. The van der Waals surface area contributed by atoms with Gasteiger partial charge in [0.25, 0.3) is 0 Å². The van der Waals surface area contributed by atoms with Crippen LogP contribution in [0.5, 0.6) is 0 Å². The van der Waals surface area contributed by atoms with E-state index in [1.807, 2.05) is 37.3 Å². The van der Waals surface area contributed by atoms with Crippen molar-refractivity contribution in [2.75, 3.05) is 0 Å². The minimum absolute atomic E-state index is 0. The zero-order valence-corrected chi connectivity index (χ0v) is 9.51. The molecular weight excluding hydrogens is 216 g/mol. The Kier molecular flexibility index (Phi) is 12.2. The maximum Gasteiger partial charge on any atom is 0.241 e. The lowest BCUT2D eigenvalue weighted by molar-refractivity contribution is -0.670. The quantitative estimate of drug-likeness (QED) is 0.465. The van der Waals surface area contributed by atoms with E-state index < -0.39 is 0 Å². The van der Waals surface area contributed by atoms with Crippen LogP contribution in [-0.2, 0) is 7.05 Å². The lowest BCUT2D eigenvalue weighted by atomic mass is 10.4. The van der Waals surface area contributed by atoms with E-state index in [2.05, 4.69) is 24.1 Å². The van der Waals surface area contributed by atoms with E-state index >= 15 is 0 Å². The summed E-state index contributed by atoms with van der Waals surface area (Å²) >= 11 is 0. The van der Waals surface area contributed by atoms with Crippen LogP contribution in [0.4, 0.5) is 0 Å². The number of halogens is 1. The van der Waals surface area contributed by atoms with E-state index in [1.165, 1.54) is 0 Å². The molecule has 0 aromatic carbocycles. The summed E-state index contributed by atoms with van der Waals surface area (Å²) in [6.45, 7) is 4.16. The first kappa shape index (κ1) is 14.0. The first-order valence-corrected chi connectivity index (χ1v) is 3.90. The van der Waals surface area contributed by atoms with E-state index in [9.17, 15) is 0 Å². The minimum atomic E-state index is 0. The Morgan fingerprint density at radius 3 is 2.25 bits per heavy atom. The zero-order valence-electron chi connectivity index (χ0n) is 7.92. The average Bonchev–Trinajstić information content (AvgIpc) is 2.43. The van der Waals surface area contributed by atoms with Gasteiger partial charge in [-0.05, 0) is 13.3 Å². The molecule has 1 aromatic heterocycles. The lowest BCUT2D eigenvalue weighted by Crippen LogP contribution is -3.00. The molecule has 2 nitrogen and oxygen atoms in total. The number of H-pyrrole nitrogens is 1. The number of hydrogen-bond donors (Lipinski definition) is 1. The first-order valence-electron chi connectivity index (χ1n) is 3.90. The molecule has 12 heavy (non-hydrogen) atoms. The van der Waals surface area contributed by atoms with Crippen LogP contribution >= 0.6 is 0 Å². The van der Waals surface area contributed by atoms with E-state index in [0.29, 0.717) is 0 Å². The monoisotopic (exact) mass is 232 g/mol. The minimum Gasteiger partial charge on any atom is -1.00 e. The molecule has 70 valence electrons. The van der Waals surface area contributed by atoms with Crippen LogP contribution < -0.4 is 21.5 Å². The topological polar surface area (TPSA) is 19.7 Å². The molecule has 1 aromatic rings. The summed E-state index contributed by atoms with van der Waals surface area (Å²) in [6, 6.07) is 0. The molecule has 0 aliphatic rings. The predicted molar refractivity (Wildman–Crippen MR) is 47.1 cm³/mol. The second-order valence-electron chi connectivity index (χ2n) is 2.25. The van der Waals surface area contributed by atoms with Gasteiger partial charge in [0.15, 0.2) is 0 Å². The SMILES string of the molecule is CC=CCC.C[n+]1cc[nH]c1.[Br-]. The molecule has 0 fully saturated rings. The van der Waals surface area contributed by atoms with Crippen molar-refractivity contribution in [3.8, 4) is 0 Å². The fourth-order valence-corrected chi connectivity index (χ4v) is 0.600. The molecule has 0 aliphatic carbocycles. The van der Waals surface area contributed by atoms with Crippen molar-refractivity contribution in [2.45, 2.75) is 20.3 Å². The fourth-order valence-electron chi connectivity index (χ4n) is 0.600. The van der Waals surface area contributed by atoms with Crippen LogP contribution in [0.3, 0.4) is 0 Å². The highest BCUT2D eigenvalue weighted by Crippen LogP contribution is 1.73. The van der Waals surface area contributed by atoms with Gasteiger partial charge in [0.1, 0.15) is 12.4 Å². The summed E-state index contributed by atoms with van der Waals surface area (Å²) in [5.41, 5.74) is 0. The molecular formula is C9H17BrN2. The molecule has 0 radical (unpaired) electrons. The van der Waals surface area contributed by atoms with Gasteiger partial charge < -0.3 is 17.0 Å². The number of nitrogens with zero attached hydrogens (tertiary/aromatic N) is 1. The largest absolute Gasteiger partial charge is 1.00 e. The van der Waals surface area contributed by atoms with Crippen LogP contribution in [0.25, 0.3) is 0 Å². The van der Waals surface area contributed by atoms with Crippen LogP contribution in [0.15, 0.2) is 30.9 Å². The summed E-state index contributed by atoms with van der Waals surface area (Å²) in [6.07, 6.45) is 11.0.